The van der Waals surface area contributed by atoms with Crippen LogP contribution in [0.5, 0.6) is 5.75 Å². The summed E-state index contributed by atoms with van der Waals surface area (Å²) in [5, 5.41) is 16.7. The summed E-state index contributed by atoms with van der Waals surface area (Å²) in [6.45, 7) is 33.0. The first kappa shape index (κ1) is 40.1. The first-order valence-electron chi connectivity index (χ1n) is 20.7. The lowest BCUT2D eigenvalue weighted by Crippen LogP contribution is -2.64. The molecule has 1 aromatic rings. The molecule has 2 aliphatic carbocycles. The Labute approximate surface area is 308 Å². The molecule has 2 heterocycles. The molecule has 5 heteroatoms. The van der Waals surface area contributed by atoms with E-state index < -0.39 is 0 Å². The highest BCUT2D eigenvalue weighted by atomic mass is 16.7. The third-order valence-electron chi connectivity index (χ3n) is 13.0. The molecular weight excluding hydrogens is 617 g/mol. The third kappa shape index (κ3) is 8.63. The van der Waals surface area contributed by atoms with Gasteiger partial charge in [-0.3, -0.25) is 9.68 Å². The molecule has 1 N–H and O–H groups in total. The van der Waals surface area contributed by atoms with Crippen LogP contribution < -0.4 is 0 Å². The molecule has 0 unspecified atom stereocenters. The number of hydrogen-bond acceptors (Lipinski definition) is 5. The minimum atomic E-state index is -0.171. The molecule has 5 nitrogen and oxygen atoms in total. The zero-order valence-electron chi connectivity index (χ0n) is 35.1. The molecule has 4 fully saturated rings. The van der Waals surface area contributed by atoms with Crippen molar-refractivity contribution in [3.8, 4) is 5.75 Å². The first-order chi connectivity index (χ1) is 22.9. The number of benzene rings is 1. The molecule has 286 valence electrons. The molecule has 2 saturated heterocycles. The van der Waals surface area contributed by atoms with Gasteiger partial charge in [-0.05, 0) is 152 Å². The van der Waals surface area contributed by atoms with Gasteiger partial charge in [0.15, 0.2) is 0 Å². The SMILES string of the molecule is CC(C)(C)c1cc(C(C2CC(C)(C)N(OC3CCCCC3)C(C)(C)C2)C2CC(C)(C)N(OC3CCCCC3)C(C)(C)C2)cc(C(C)(C)C)c1O. The molecule has 0 aromatic heterocycles. The fourth-order valence-corrected chi connectivity index (χ4v) is 11.3. The Kier molecular flexibility index (Phi) is 11.4. The molecule has 2 saturated carbocycles. The summed E-state index contributed by atoms with van der Waals surface area (Å²) in [5.41, 5.74) is 2.84. The lowest BCUT2D eigenvalue weighted by molar-refractivity contribution is -0.321. The van der Waals surface area contributed by atoms with Crippen LogP contribution in [0.2, 0.25) is 0 Å². The maximum atomic E-state index is 11.9. The number of hydrogen-bond donors (Lipinski definition) is 1. The molecule has 2 aliphatic heterocycles. The van der Waals surface area contributed by atoms with Gasteiger partial charge < -0.3 is 5.11 Å². The van der Waals surface area contributed by atoms with Gasteiger partial charge in [-0.2, -0.15) is 10.1 Å². The van der Waals surface area contributed by atoms with Crippen LogP contribution in [0.25, 0.3) is 0 Å². The zero-order chi connectivity index (χ0) is 37.1. The number of aromatic hydroxyl groups is 1. The van der Waals surface area contributed by atoms with Crippen LogP contribution in [0, 0.1) is 11.8 Å². The normalized spacial score (nSPS) is 26.5. The van der Waals surface area contributed by atoms with E-state index in [1.807, 2.05) is 0 Å². The van der Waals surface area contributed by atoms with Gasteiger partial charge in [0, 0.05) is 22.2 Å². The molecule has 0 bridgehead atoms. The maximum Gasteiger partial charge on any atom is 0.123 e. The Morgan fingerprint density at radius 2 is 0.860 bits per heavy atom. The summed E-state index contributed by atoms with van der Waals surface area (Å²) in [4.78, 5) is 14.0. The average molecular weight is 695 g/mol. The van der Waals surface area contributed by atoms with Crippen molar-refractivity contribution in [2.75, 3.05) is 0 Å². The Morgan fingerprint density at radius 3 is 1.14 bits per heavy atom. The van der Waals surface area contributed by atoms with Crippen LogP contribution in [0.1, 0.15) is 209 Å². The summed E-state index contributed by atoms with van der Waals surface area (Å²) in [5.74, 6) is 1.78. The molecule has 50 heavy (non-hydrogen) atoms. The second-order valence-electron chi connectivity index (χ2n) is 21.9. The van der Waals surface area contributed by atoms with Crippen LogP contribution in [0.15, 0.2) is 12.1 Å². The number of rotatable bonds is 7. The lowest BCUT2D eigenvalue weighted by atomic mass is 9.60. The van der Waals surface area contributed by atoms with Crippen LogP contribution >= 0.6 is 0 Å². The largest absolute Gasteiger partial charge is 0.507 e. The summed E-state index contributed by atoms with van der Waals surface area (Å²) in [6, 6.07) is 4.84. The molecule has 0 radical (unpaired) electrons. The quantitative estimate of drug-likeness (QED) is 0.308. The standard InChI is InChI=1S/C45H78N2O3/c1-40(2,3)36-25-31(26-37(39(36)48)41(4,5)6)38(32-27-42(7,8)46(43(9,10)28-32)49-34-21-17-15-18-22-34)33-29-44(11,12)47(45(13,14)30-33)50-35-23-19-16-20-24-35/h25-26,32-35,38,48H,15-24,27-30H2,1-14H3. The van der Waals surface area contributed by atoms with E-state index in [1.54, 1.807) is 0 Å². The predicted octanol–water partition coefficient (Wildman–Crippen LogP) is 12.1. The van der Waals surface area contributed by atoms with Gasteiger partial charge in [-0.15, -0.1) is 0 Å². The van der Waals surface area contributed by atoms with Crippen molar-refractivity contribution in [2.45, 2.75) is 238 Å². The number of phenols is 1. The van der Waals surface area contributed by atoms with Crippen LogP contribution in [0.4, 0.5) is 0 Å². The zero-order valence-corrected chi connectivity index (χ0v) is 35.1. The van der Waals surface area contributed by atoms with E-state index in [2.05, 4.69) is 119 Å². The summed E-state index contributed by atoms with van der Waals surface area (Å²) in [7, 11) is 0. The van der Waals surface area contributed by atoms with Gasteiger partial charge in [0.1, 0.15) is 5.75 Å². The van der Waals surface area contributed by atoms with E-state index in [0.717, 1.165) is 36.8 Å². The molecular formula is C45H78N2O3. The molecule has 4 aliphatic rings. The van der Waals surface area contributed by atoms with Crippen molar-refractivity contribution in [1.82, 2.24) is 10.1 Å². The van der Waals surface area contributed by atoms with E-state index in [0.29, 0.717) is 35.7 Å². The van der Waals surface area contributed by atoms with Crippen molar-refractivity contribution in [3.05, 3.63) is 28.8 Å². The number of hydroxylamine groups is 4. The molecule has 5 rings (SSSR count). The second kappa shape index (κ2) is 14.3. The average Bonchev–Trinajstić information content (AvgIpc) is 2.97. The minimum absolute atomic E-state index is 0.103. The minimum Gasteiger partial charge on any atom is -0.507 e. The Bertz CT molecular complexity index is 1170. The van der Waals surface area contributed by atoms with Crippen molar-refractivity contribution in [3.63, 3.8) is 0 Å². The van der Waals surface area contributed by atoms with Crippen molar-refractivity contribution in [1.29, 1.82) is 0 Å². The monoisotopic (exact) mass is 695 g/mol. The van der Waals surface area contributed by atoms with E-state index >= 15 is 0 Å². The number of nitrogens with zero attached hydrogens (tertiary/aromatic N) is 2. The van der Waals surface area contributed by atoms with Gasteiger partial charge in [-0.1, -0.05) is 92.2 Å². The van der Waals surface area contributed by atoms with Crippen LogP contribution in [-0.4, -0.2) is 49.6 Å². The van der Waals surface area contributed by atoms with Crippen LogP contribution in [0.3, 0.4) is 0 Å². The Hall–Kier alpha value is -1.14. The molecule has 0 spiro atoms. The number of phenolic OH excluding ortho intramolecular Hbond substituents is 1. The fraction of sp³-hybridized carbons (Fsp3) is 0.867. The number of piperidine rings is 2. The van der Waals surface area contributed by atoms with Crippen molar-refractivity contribution < 1.29 is 14.8 Å². The fourth-order valence-electron chi connectivity index (χ4n) is 11.3. The van der Waals surface area contributed by atoms with E-state index in [9.17, 15) is 5.11 Å². The first-order valence-corrected chi connectivity index (χ1v) is 20.7. The van der Waals surface area contributed by atoms with Gasteiger partial charge in [0.05, 0.1) is 12.2 Å². The lowest BCUT2D eigenvalue weighted by Gasteiger charge is -2.59. The van der Waals surface area contributed by atoms with Gasteiger partial charge in [0.2, 0.25) is 0 Å². The Balaban J connectivity index is 1.59. The molecule has 1 aromatic carbocycles. The van der Waals surface area contributed by atoms with Crippen LogP contribution in [-0.2, 0) is 20.5 Å². The van der Waals surface area contributed by atoms with Crippen molar-refractivity contribution in [2.24, 2.45) is 11.8 Å². The van der Waals surface area contributed by atoms with Gasteiger partial charge in [0.25, 0.3) is 0 Å². The predicted molar refractivity (Wildman–Crippen MR) is 210 cm³/mol. The van der Waals surface area contributed by atoms with Gasteiger partial charge in [-0.25, -0.2) is 0 Å². The summed E-state index contributed by atoms with van der Waals surface area (Å²) >= 11 is 0. The summed E-state index contributed by atoms with van der Waals surface area (Å²) < 4.78 is 0. The van der Waals surface area contributed by atoms with Crippen molar-refractivity contribution >= 4 is 0 Å². The molecule has 0 atom stereocenters. The third-order valence-corrected chi connectivity index (χ3v) is 13.0. The highest BCUT2D eigenvalue weighted by Crippen LogP contribution is 2.56. The highest BCUT2D eigenvalue weighted by Gasteiger charge is 2.54. The Morgan fingerprint density at radius 1 is 0.560 bits per heavy atom. The second-order valence-corrected chi connectivity index (χ2v) is 21.9. The smallest absolute Gasteiger partial charge is 0.123 e. The summed E-state index contributed by atoms with van der Waals surface area (Å²) in [6.07, 6.45) is 17.6. The highest BCUT2D eigenvalue weighted by molar-refractivity contribution is 5.51. The van der Waals surface area contributed by atoms with Gasteiger partial charge >= 0.3 is 0 Å². The van der Waals surface area contributed by atoms with E-state index in [1.165, 1.54) is 69.8 Å². The van der Waals surface area contributed by atoms with E-state index in [-0.39, 0.29) is 33.0 Å². The topological polar surface area (TPSA) is 45.2 Å². The van der Waals surface area contributed by atoms with E-state index in [4.69, 9.17) is 9.68 Å². The molecule has 0 amide bonds. The maximum absolute atomic E-state index is 11.9.